The Morgan fingerprint density at radius 3 is 2.76 bits per heavy atom. The molecule has 3 N–H and O–H groups in total. The maximum atomic E-state index is 13.0. The van der Waals surface area contributed by atoms with Crippen molar-refractivity contribution in [2.75, 3.05) is 23.8 Å². The number of aromatic nitrogens is 4. The van der Waals surface area contributed by atoms with Gasteiger partial charge >= 0.3 is 5.97 Å². The van der Waals surface area contributed by atoms with Crippen LogP contribution in [0.4, 0.5) is 11.5 Å². The minimum atomic E-state index is -0.958. The van der Waals surface area contributed by atoms with Crippen LogP contribution < -0.4 is 15.4 Å². The van der Waals surface area contributed by atoms with Crippen molar-refractivity contribution in [2.24, 2.45) is 0 Å². The molecular formula is C19H18N6O4. The number of rotatable bonds is 4. The largest absolute Gasteiger partial charge is 0.480 e. The molecule has 2 aromatic heterocycles. The molecule has 0 unspecified atom stereocenters. The number of benzene rings is 1. The summed E-state index contributed by atoms with van der Waals surface area (Å²) in [7, 11) is 0. The highest BCUT2D eigenvalue weighted by atomic mass is 16.5. The van der Waals surface area contributed by atoms with Crippen molar-refractivity contribution < 1.29 is 19.4 Å². The molecule has 0 saturated heterocycles. The standard InChI is InChI=1S/C19H18N6O4/c1-11-14(8-24(23-11)9-15(26)27)12-2-4-13(5-3-12)25-6-7-29-18-16(19(25)28)17(20)21-10-22-18/h2-5,8,10H,6-7,9H2,1H3,(H,26,27)(H2,20,21,22). The van der Waals surface area contributed by atoms with Crippen molar-refractivity contribution in [2.45, 2.75) is 13.5 Å². The quantitative estimate of drug-likeness (QED) is 0.677. The molecule has 0 fully saturated rings. The van der Waals surface area contributed by atoms with Crippen molar-refractivity contribution >= 4 is 23.4 Å². The van der Waals surface area contributed by atoms with Crippen LogP contribution in [0.15, 0.2) is 36.8 Å². The van der Waals surface area contributed by atoms with Gasteiger partial charge in [0.15, 0.2) is 0 Å². The van der Waals surface area contributed by atoms with Crippen molar-refractivity contribution in [1.82, 2.24) is 19.7 Å². The number of carboxylic acid groups (broad SMARTS) is 1. The third-order valence-electron chi connectivity index (χ3n) is 4.59. The smallest absolute Gasteiger partial charge is 0.325 e. The molecule has 1 aliphatic heterocycles. The van der Waals surface area contributed by atoms with E-state index in [1.165, 1.54) is 11.0 Å². The van der Waals surface area contributed by atoms with E-state index < -0.39 is 5.97 Å². The number of ether oxygens (including phenoxy) is 1. The number of carbonyl (C=O) groups excluding carboxylic acids is 1. The fraction of sp³-hybridized carbons (Fsp3) is 0.211. The first kappa shape index (κ1) is 18.4. The highest BCUT2D eigenvalue weighted by molar-refractivity contribution is 6.10. The molecule has 4 rings (SSSR count). The Labute approximate surface area is 165 Å². The SMILES string of the molecule is Cc1nn(CC(=O)O)cc1-c1ccc(N2CCOc3ncnc(N)c3C2=O)cc1. The van der Waals surface area contributed by atoms with Crippen LogP contribution in [0, 0.1) is 6.92 Å². The third kappa shape index (κ3) is 3.47. The van der Waals surface area contributed by atoms with E-state index in [0.717, 1.165) is 16.8 Å². The van der Waals surface area contributed by atoms with Gasteiger partial charge in [0.2, 0.25) is 5.88 Å². The number of carboxylic acids is 1. The number of aryl methyl sites for hydroxylation is 1. The molecule has 1 amide bonds. The number of hydrogen-bond acceptors (Lipinski definition) is 7. The maximum Gasteiger partial charge on any atom is 0.325 e. The summed E-state index contributed by atoms with van der Waals surface area (Å²) in [5.41, 5.74) is 9.10. The monoisotopic (exact) mass is 394 g/mol. The average molecular weight is 394 g/mol. The van der Waals surface area contributed by atoms with Crippen LogP contribution >= 0.6 is 0 Å². The average Bonchev–Trinajstić information content (AvgIpc) is 2.94. The zero-order chi connectivity index (χ0) is 20.5. The Hall–Kier alpha value is -3.95. The van der Waals surface area contributed by atoms with Crippen molar-refractivity contribution in [3.8, 4) is 17.0 Å². The van der Waals surface area contributed by atoms with Crippen LogP contribution in [0.2, 0.25) is 0 Å². The molecule has 0 saturated carbocycles. The van der Waals surface area contributed by atoms with Crippen LogP contribution in [0.25, 0.3) is 11.1 Å². The van der Waals surface area contributed by atoms with Gasteiger partial charge in [-0.1, -0.05) is 12.1 Å². The number of nitrogen functional groups attached to an aromatic ring is 1. The second-order valence-electron chi connectivity index (χ2n) is 6.51. The highest BCUT2D eigenvalue weighted by Gasteiger charge is 2.28. The summed E-state index contributed by atoms with van der Waals surface area (Å²) in [6.07, 6.45) is 2.95. The van der Waals surface area contributed by atoms with E-state index in [1.54, 1.807) is 11.1 Å². The molecular weight excluding hydrogens is 376 g/mol. The summed E-state index contributed by atoms with van der Waals surface area (Å²) >= 11 is 0. The summed E-state index contributed by atoms with van der Waals surface area (Å²) in [6, 6.07) is 7.34. The van der Waals surface area contributed by atoms with Gasteiger partial charge in [-0.2, -0.15) is 5.10 Å². The second-order valence-corrected chi connectivity index (χ2v) is 6.51. The number of nitrogens with two attached hydrogens (primary N) is 1. The number of anilines is 2. The molecule has 0 spiro atoms. The predicted octanol–water partition coefficient (Wildman–Crippen LogP) is 1.35. The maximum absolute atomic E-state index is 13.0. The number of hydrogen-bond donors (Lipinski definition) is 2. The zero-order valence-corrected chi connectivity index (χ0v) is 15.6. The molecule has 1 aliphatic rings. The van der Waals surface area contributed by atoms with Crippen LogP contribution in [0.1, 0.15) is 16.1 Å². The van der Waals surface area contributed by atoms with E-state index in [0.29, 0.717) is 12.2 Å². The Kier molecular flexibility index (Phi) is 4.59. The molecule has 0 radical (unpaired) electrons. The lowest BCUT2D eigenvalue weighted by molar-refractivity contribution is -0.137. The number of fused-ring (bicyclic) bond motifs is 1. The molecule has 148 valence electrons. The zero-order valence-electron chi connectivity index (χ0n) is 15.6. The topological polar surface area (TPSA) is 136 Å². The molecule has 0 bridgehead atoms. The summed E-state index contributed by atoms with van der Waals surface area (Å²) in [5, 5.41) is 13.2. The lowest BCUT2D eigenvalue weighted by atomic mass is 10.1. The Balaban J connectivity index is 1.63. The van der Waals surface area contributed by atoms with E-state index in [4.69, 9.17) is 15.6 Å². The van der Waals surface area contributed by atoms with E-state index in [1.807, 2.05) is 31.2 Å². The third-order valence-corrected chi connectivity index (χ3v) is 4.59. The van der Waals surface area contributed by atoms with E-state index in [9.17, 15) is 9.59 Å². The van der Waals surface area contributed by atoms with Crippen LogP contribution in [-0.4, -0.2) is 49.9 Å². The lowest BCUT2D eigenvalue weighted by Gasteiger charge is -2.20. The van der Waals surface area contributed by atoms with Gasteiger partial charge in [0.25, 0.3) is 5.91 Å². The van der Waals surface area contributed by atoms with Gasteiger partial charge in [-0.05, 0) is 24.6 Å². The Morgan fingerprint density at radius 2 is 2.03 bits per heavy atom. The van der Waals surface area contributed by atoms with Gasteiger partial charge in [0.1, 0.15) is 30.9 Å². The minimum absolute atomic E-state index is 0.0741. The van der Waals surface area contributed by atoms with Gasteiger partial charge in [-0.25, -0.2) is 9.97 Å². The molecule has 10 heteroatoms. The van der Waals surface area contributed by atoms with Gasteiger partial charge in [0.05, 0.1) is 12.2 Å². The molecule has 0 atom stereocenters. The summed E-state index contributed by atoms with van der Waals surface area (Å²) in [6.45, 7) is 2.22. The summed E-state index contributed by atoms with van der Waals surface area (Å²) in [4.78, 5) is 33.3. The molecule has 10 nitrogen and oxygen atoms in total. The number of amides is 1. The van der Waals surface area contributed by atoms with Crippen molar-refractivity contribution in [3.05, 3.63) is 48.0 Å². The van der Waals surface area contributed by atoms with Crippen molar-refractivity contribution in [3.63, 3.8) is 0 Å². The van der Waals surface area contributed by atoms with Gasteiger partial charge < -0.3 is 20.5 Å². The van der Waals surface area contributed by atoms with Gasteiger partial charge in [0, 0.05) is 17.4 Å². The number of aliphatic carboxylic acids is 1. The Bertz CT molecular complexity index is 1090. The molecule has 3 aromatic rings. The molecule has 0 aliphatic carbocycles. The van der Waals surface area contributed by atoms with Crippen molar-refractivity contribution in [1.29, 1.82) is 0 Å². The fourth-order valence-electron chi connectivity index (χ4n) is 3.25. The van der Waals surface area contributed by atoms with Gasteiger partial charge in [-0.15, -0.1) is 0 Å². The summed E-state index contributed by atoms with van der Waals surface area (Å²) < 4.78 is 6.93. The minimum Gasteiger partial charge on any atom is -0.480 e. The highest BCUT2D eigenvalue weighted by Crippen LogP contribution is 2.29. The van der Waals surface area contributed by atoms with Gasteiger partial charge in [-0.3, -0.25) is 14.3 Å². The number of carbonyl (C=O) groups is 2. The van der Waals surface area contributed by atoms with Crippen LogP contribution in [-0.2, 0) is 11.3 Å². The second kappa shape index (κ2) is 7.23. The molecule has 1 aromatic carbocycles. The molecule has 29 heavy (non-hydrogen) atoms. The van der Waals surface area contributed by atoms with E-state index in [-0.39, 0.29) is 36.3 Å². The molecule has 3 heterocycles. The predicted molar refractivity (Wildman–Crippen MR) is 104 cm³/mol. The number of nitrogens with zero attached hydrogens (tertiary/aromatic N) is 5. The Morgan fingerprint density at radius 1 is 1.28 bits per heavy atom. The van der Waals surface area contributed by atoms with Crippen LogP contribution in [0.3, 0.4) is 0 Å². The fourth-order valence-corrected chi connectivity index (χ4v) is 3.25. The first-order chi connectivity index (χ1) is 13.9. The summed E-state index contributed by atoms with van der Waals surface area (Å²) in [5.74, 6) is -1.03. The first-order valence-electron chi connectivity index (χ1n) is 8.85. The van der Waals surface area contributed by atoms with E-state index in [2.05, 4.69) is 15.1 Å². The van der Waals surface area contributed by atoms with Crippen LogP contribution in [0.5, 0.6) is 5.88 Å². The first-order valence-corrected chi connectivity index (χ1v) is 8.85. The lowest BCUT2D eigenvalue weighted by Crippen LogP contribution is -2.32. The normalized spacial score (nSPS) is 13.6. The van der Waals surface area contributed by atoms with E-state index >= 15 is 0 Å².